The summed E-state index contributed by atoms with van der Waals surface area (Å²) < 4.78 is 0. The number of hydrogen-bond donors (Lipinski definition) is 1. The summed E-state index contributed by atoms with van der Waals surface area (Å²) in [6.07, 6.45) is 8.66. The van der Waals surface area contributed by atoms with Gasteiger partial charge in [-0.25, -0.2) is 4.98 Å². The first-order chi connectivity index (χ1) is 15.0. The van der Waals surface area contributed by atoms with Crippen molar-refractivity contribution in [2.45, 2.75) is 51.6 Å². The Hall–Kier alpha value is -3.06. The SMILES string of the molecule is Cc1cc(C)cc(N(C(=O)c2cnccn2)C(C(=O)NC2CCCC2)c2cccs2)c1. The Balaban J connectivity index is 1.81. The van der Waals surface area contributed by atoms with Crippen molar-refractivity contribution in [2.75, 3.05) is 4.90 Å². The first kappa shape index (κ1) is 21.2. The van der Waals surface area contributed by atoms with Crippen molar-refractivity contribution >= 4 is 28.8 Å². The highest BCUT2D eigenvalue weighted by molar-refractivity contribution is 7.10. The molecule has 31 heavy (non-hydrogen) atoms. The molecular weight excluding hydrogens is 408 g/mol. The van der Waals surface area contributed by atoms with Gasteiger partial charge in [-0.05, 0) is 61.4 Å². The van der Waals surface area contributed by atoms with E-state index in [0.717, 1.165) is 41.7 Å². The van der Waals surface area contributed by atoms with E-state index in [1.807, 2.05) is 49.6 Å². The van der Waals surface area contributed by atoms with Crippen molar-refractivity contribution in [1.82, 2.24) is 15.3 Å². The Kier molecular flexibility index (Phi) is 6.42. The number of nitrogens with one attached hydrogen (secondary N) is 1. The molecule has 2 aromatic heterocycles. The fourth-order valence-electron chi connectivity index (χ4n) is 4.18. The van der Waals surface area contributed by atoms with Gasteiger partial charge < -0.3 is 5.32 Å². The van der Waals surface area contributed by atoms with Gasteiger partial charge in [-0.2, -0.15) is 0 Å². The number of benzene rings is 1. The highest BCUT2D eigenvalue weighted by atomic mass is 32.1. The third kappa shape index (κ3) is 4.82. The average molecular weight is 435 g/mol. The van der Waals surface area contributed by atoms with Gasteiger partial charge in [0.25, 0.3) is 5.91 Å². The monoisotopic (exact) mass is 434 g/mol. The molecule has 160 valence electrons. The molecule has 1 unspecified atom stereocenters. The van der Waals surface area contributed by atoms with Crippen molar-refractivity contribution in [3.05, 3.63) is 76.0 Å². The van der Waals surface area contributed by atoms with Gasteiger partial charge in [0.1, 0.15) is 5.69 Å². The zero-order chi connectivity index (χ0) is 21.8. The molecule has 2 heterocycles. The second kappa shape index (κ2) is 9.39. The summed E-state index contributed by atoms with van der Waals surface area (Å²) >= 11 is 1.47. The Morgan fingerprint density at radius 1 is 1.13 bits per heavy atom. The van der Waals surface area contributed by atoms with Crippen LogP contribution in [0.1, 0.15) is 58.2 Å². The maximum absolute atomic E-state index is 13.7. The Morgan fingerprint density at radius 2 is 1.87 bits per heavy atom. The molecule has 4 rings (SSSR count). The summed E-state index contributed by atoms with van der Waals surface area (Å²) in [6.45, 7) is 3.97. The van der Waals surface area contributed by atoms with E-state index in [2.05, 4.69) is 15.3 Å². The van der Waals surface area contributed by atoms with Crippen molar-refractivity contribution < 1.29 is 9.59 Å². The van der Waals surface area contributed by atoms with Crippen LogP contribution in [0.25, 0.3) is 0 Å². The van der Waals surface area contributed by atoms with Gasteiger partial charge >= 0.3 is 0 Å². The summed E-state index contributed by atoms with van der Waals surface area (Å²) in [7, 11) is 0. The molecule has 1 atom stereocenters. The number of thiophene rings is 1. The smallest absolute Gasteiger partial charge is 0.279 e. The zero-order valence-electron chi connectivity index (χ0n) is 17.7. The lowest BCUT2D eigenvalue weighted by Gasteiger charge is -2.31. The van der Waals surface area contributed by atoms with E-state index in [1.54, 1.807) is 4.90 Å². The largest absolute Gasteiger partial charge is 0.351 e. The van der Waals surface area contributed by atoms with E-state index in [9.17, 15) is 9.59 Å². The Labute approximate surface area is 186 Å². The molecule has 3 aromatic rings. The van der Waals surface area contributed by atoms with Crippen molar-refractivity contribution in [3.8, 4) is 0 Å². The standard InChI is InChI=1S/C24H26N4O2S/c1-16-12-17(2)14-19(13-16)28(24(30)20-15-25-9-10-26-20)22(21-8-5-11-31-21)23(29)27-18-6-3-4-7-18/h5,8-15,18,22H,3-4,6-7H2,1-2H3,(H,27,29). The van der Waals surface area contributed by atoms with Gasteiger partial charge in [0.2, 0.25) is 5.91 Å². The zero-order valence-corrected chi connectivity index (χ0v) is 18.6. The highest BCUT2D eigenvalue weighted by Gasteiger charge is 2.36. The third-order valence-electron chi connectivity index (χ3n) is 5.51. The quantitative estimate of drug-likeness (QED) is 0.615. The van der Waals surface area contributed by atoms with Gasteiger partial charge in [-0.3, -0.25) is 19.5 Å². The molecule has 0 bridgehead atoms. The molecule has 7 heteroatoms. The van der Waals surface area contributed by atoms with E-state index in [0.29, 0.717) is 5.69 Å². The van der Waals surface area contributed by atoms with E-state index >= 15 is 0 Å². The third-order valence-corrected chi connectivity index (χ3v) is 6.43. The highest BCUT2D eigenvalue weighted by Crippen LogP contribution is 2.33. The predicted octanol–water partition coefficient (Wildman–Crippen LogP) is 4.60. The molecule has 0 spiro atoms. The molecule has 1 N–H and O–H groups in total. The molecule has 0 aliphatic heterocycles. The number of hydrogen-bond acceptors (Lipinski definition) is 5. The minimum Gasteiger partial charge on any atom is -0.351 e. The molecule has 6 nitrogen and oxygen atoms in total. The number of carbonyl (C=O) groups is 2. The lowest BCUT2D eigenvalue weighted by molar-refractivity contribution is -0.123. The molecule has 1 aliphatic carbocycles. The van der Waals surface area contributed by atoms with Gasteiger partial charge in [0.05, 0.1) is 6.20 Å². The van der Waals surface area contributed by atoms with Crippen LogP contribution >= 0.6 is 11.3 Å². The number of rotatable bonds is 6. The summed E-state index contributed by atoms with van der Waals surface area (Å²) in [4.78, 5) is 37.9. The van der Waals surface area contributed by atoms with Gasteiger partial charge in [-0.1, -0.05) is 25.0 Å². The number of aryl methyl sites for hydroxylation is 2. The first-order valence-electron chi connectivity index (χ1n) is 10.5. The summed E-state index contributed by atoms with van der Waals surface area (Å²) in [6, 6.07) is 9.10. The number of aromatic nitrogens is 2. The first-order valence-corrected chi connectivity index (χ1v) is 11.4. The van der Waals surface area contributed by atoms with Crippen LogP contribution in [0.15, 0.2) is 54.3 Å². The van der Waals surface area contributed by atoms with E-state index in [-0.39, 0.29) is 23.6 Å². The van der Waals surface area contributed by atoms with Gasteiger partial charge in [-0.15, -0.1) is 11.3 Å². The molecule has 1 fully saturated rings. The summed E-state index contributed by atoms with van der Waals surface area (Å²) in [5.74, 6) is -0.510. The maximum atomic E-state index is 13.7. The molecule has 1 saturated carbocycles. The molecule has 2 amide bonds. The fourth-order valence-corrected chi connectivity index (χ4v) is 4.99. The van der Waals surface area contributed by atoms with E-state index in [4.69, 9.17) is 0 Å². The van der Waals surface area contributed by atoms with Crippen molar-refractivity contribution in [1.29, 1.82) is 0 Å². The average Bonchev–Trinajstić information content (AvgIpc) is 3.45. The van der Waals surface area contributed by atoms with Crippen LogP contribution in [-0.4, -0.2) is 27.8 Å². The van der Waals surface area contributed by atoms with Crippen LogP contribution in [0, 0.1) is 13.8 Å². The summed E-state index contributed by atoms with van der Waals surface area (Å²) in [5.41, 5.74) is 2.92. The minimum absolute atomic E-state index is 0.155. The Morgan fingerprint density at radius 3 is 2.48 bits per heavy atom. The van der Waals surface area contributed by atoms with Crippen LogP contribution in [-0.2, 0) is 4.79 Å². The second-order valence-electron chi connectivity index (χ2n) is 8.02. The van der Waals surface area contributed by atoms with Crippen LogP contribution in [0.5, 0.6) is 0 Å². The second-order valence-corrected chi connectivity index (χ2v) is 9.00. The minimum atomic E-state index is -0.781. The van der Waals surface area contributed by atoms with Gasteiger partial charge in [0.15, 0.2) is 6.04 Å². The number of nitrogens with zero attached hydrogens (tertiary/aromatic N) is 3. The summed E-state index contributed by atoms with van der Waals surface area (Å²) in [5, 5.41) is 5.12. The van der Waals surface area contributed by atoms with Crippen LogP contribution in [0.4, 0.5) is 5.69 Å². The van der Waals surface area contributed by atoms with E-state index < -0.39 is 6.04 Å². The molecule has 1 aromatic carbocycles. The van der Waals surface area contributed by atoms with Crippen molar-refractivity contribution in [3.63, 3.8) is 0 Å². The van der Waals surface area contributed by atoms with Gasteiger partial charge in [0, 0.05) is 29.0 Å². The normalized spacial score (nSPS) is 14.9. The predicted molar refractivity (Wildman–Crippen MR) is 122 cm³/mol. The van der Waals surface area contributed by atoms with Crippen LogP contribution < -0.4 is 10.2 Å². The molecule has 0 radical (unpaired) electrons. The number of carbonyl (C=O) groups excluding carboxylic acids is 2. The molecule has 0 saturated heterocycles. The van der Waals surface area contributed by atoms with Crippen LogP contribution in [0.2, 0.25) is 0 Å². The van der Waals surface area contributed by atoms with E-state index in [1.165, 1.54) is 29.9 Å². The van der Waals surface area contributed by atoms with Crippen LogP contribution in [0.3, 0.4) is 0 Å². The Bertz CT molecular complexity index is 1030. The fraction of sp³-hybridized carbons (Fsp3) is 0.333. The number of anilines is 1. The molecule has 1 aliphatic rings. The lowest BCUT2D eigenvalue weighted by atomic mass is 10.1. The maximum Gasteiger partial charge on any atom is 0.279 e. The topological polar surface area (TPSA) is 75.2 Å². The lowest BCUT2D eigenvalue weighted by Crippen LogP contribution is -2.46. The van der Waals surface area contributed by atoms with Crippen molar-refractivity contribution in [2.24, 2.45) is 0 Å². The number of amides is 2. The molecular formula is C24H26N4O2S.